The fourth-order valence-electron chi connectivity index (χ4n) is 3.39. The lowest BCUT2D eigenvalue weighted by molar-refractivity contribution is 0.272. The molecule has 0 amide bonds. The van der Waals surface area contributed by atoms with Crippen LogP contribution in [0.4, 0.5) is 0 Å². The topological polar surface area (TPSA) is 15.3 Å². The molecule has 0 spiro atoms. The highest BCUT2D eigenvalue weighted by Gasteiger charge is 2.15. The zero-order chi connectivity index (χ0) is 14.5. The van der Waals surface area contributed by atoms with Gasteiger partial charge < -0.3 is 10.2 Å². The molecule has 1 heterocycles. The molecule has 0 radical (unpaired) electrons. The van der Waals surface area contributed by atoms with E-state index in [1.807, 2.05) is 0 Å². The van der Waals surface area contributed by atoms with Crippen molar-refractivity contribution >= 4 is 0 Å². The second-order valence-electron chi connectivity index (χ2n) is 6.59. The maximum absolute atomic E-state index is 3.49. The molecule has 1 N–H and O–H groups in total. The van der Waals surface area contributed by atoms with Crippen molar-refractivity contribution in [2.24, 2.45) is 5.92 Å². The van der Waals surface area contributed by atoms with Gasteiger partial charge in [-0.05, 0) is 77.2 Å². The quantitative estimate of drug-likeness (QED) is 0.563. The Kier molecular flexibility index (Phi) is 11.4. The van der Waals surface area contributed by atoms with Crippen LogP contribution in [0, 0.1) is 5.92 Å². The molecular formula is C18H38N2. The van der Waals surface area contributed by atoms with Gasteiger partial charge in [0.2, 0.25) is 0 Å². The first-order valence-electron chi connectivity index (χ1n) is 9.29. The molecule has 2 heteroatoms. The zero-order valence-electron chi connectivity index (χ0n) is 14.1. The van der Waals surface area contributed by atoms with Gasteiger partial charge in [-0.25, -0.2) is 0 Å². The maximum Gasteiger partial charge on any atom is -0.00161 e. The van der Waals surface area contributed by atoms with Crippen LogP contribution in [0.15, 0.2) is 0 Å². The van der Waals surface area contributed by atoms with E-state index in [2.05, 4.69) is 24.1 Å². The molecule has 1 rings (SSSR count). The Bertz CT molecular complexity index is 206. The first kappa shape index (κ1) is 18.0. The van der Waals surface area contributed by atoms with E-state index in [4.69, 9.17) is 0 Å². The molecule has 2 nitrogen and oxygen atoms in total. The van der Waals surface area contributed by atoms with E-state index in [1.165, 1.54) is 96.9 Å². The van der Waals surface area contributed by atoms with Gasteiger partial charge in [-0.3, -0.25) is 0 Å². The summed E-state index contributed by atoms with van der Waals surface area (Å²) in [6.07, 6.45) is 14.0. The van der Waals surface area contributed by atoms with Gasteiger partial charge in [0, 0.05) is 0 Å². The second kappa shape index (κ2) is 12.6. The van der Waals surface area contributed by atoms with Crippen LogP contribution in [0.2, 0.25) is 0 Å². The number of rotatable bonds is 11. The van der Waals surface area contributed by atoms with Crippen molar-refractivity contribution in [3.63, 3.8) is 0 Å². The maximum atomic E-state index is 3.49. The Morgan fingerprint density at radius 3 is 2.55 bits per heavy atom. The molecule has 1 fully saturated rings. The summed E-state index contributed by atoms with van der Waals surface area (Å²) >= 11 is 0. The number of unbranched alkanes of at least 4 members (excludes halogenated alkanes) is 3. The van der Waals surface area contributed by atoms with Gasteiger partial charge in [-0.2, -0.15) is 0 Å². The predicted molar refractivity (Wildman–Crippen MR) is 90.3 cm³/mol. The molecule has 1 unspecified atom stereocenters. The van der Waals surface area contributed by atoms with E-state index in [1.54, 1.807) is 0 Å². The van der Waals surface area contributed by atoms with Crippen LogP contribution in [-0.4, -0.2) is 37.6 Å². The number of hydrogen-bond acceptors (Lipinski definition) is 2. The van der Waals surface area contributed by atoms with Gasteiger partial charge in [0.25, 0.3) is 0 Å². The van der Waals surface area contributed by atoms with Crippen LogP contribution < -0.4 is 5.32 Å². The van der Waals surface area contributed by atoms with Gasteiger partial charge in [0.05, 0.1) is 0 Å². The lowest BCUT2D eigenvalue weighted by Gasteiger charge is -2.20. The summed E-state index contributed by atoms with van der Waals surface area (Å²) < 4.78 is 0. The minimum absolute atomic E-state index is 1.02. The number of likely N-dealkylation sites (tertiary alicyclic amines) is 1. The van der Waals surface area contributed by atoms with Crippen molar-refractivity contribution in [2.45, 2.75) is 78.1 Å². The smallest absolute Gasteiger partial charge is 0.00161 e. The fourth-order valence-corrected chi connectivity index (χ4v) is 3.39. The summed E-state index contributed by atoms with van der Waals surface area (Å²) in [6.45, 7) is 11.0. The number of hydrogen-bond donors (Lipinski definition) is 1. The summed E-state index contributed by atoms with van der Waals surface area (Å²) in [5.74, 6) is 1.02. The summed E-state index contributed by atoms with van der Waals surface area (Å²) in [6, 6.07) is 0. The number of nitrogens with zero attached hydrogens (tertiary/aromatic N) is 1. The largest absolute Gasteiger partial charge is 0.317 e. The van der Waals surface area contributed by atoms with E-state index in [-0.39, 0.29) is 0 Å². The number of nitrogens with one attached hydrogen (secondary N) is 1. The standard InChI is InChI=1S/C18H38N2/c1-3-10-18-11-9-16-20(17-12-18)15-8-6-5-7-14-19-13-4-2/h18-19H,3-17H2,1-2H3. The SMILES string of the molecule is CCCNCCCCCCN1CCCC(CCC)CC1. The monoisotopic (exact) mass is 282 g/mol. The molecule has 1 atom stereocenters. The molecule has 0 bridgehead atoms. The normalized spacial score (nSPS) is 21.0. The highest BCUT2D eigenvalue weighted by molar-refractivity contribution is 4.70. The van der Waals surface area contributed by atoms with Crippen LogP contribution >= 0.6 is 0 Å². The molecule has 0 saturated carbocycles. The van der Waals surface area contributed by atoms with Crippen molar-refractivity contribution < 1.29 is 0 Å². The molecule has 1 aliphatic rings. The highest BCUT2D eigenvalue weighted by Crippen LogP contribution is 2.22. The Hall–Kier alpha value is -0.0800. The van der Waals surface area contributed by atoms with Crippen LogP contribution in [-0.2, 0) is 0 Å². The second-order valence-corrected chi connectivity index (χ2v) is 6.59. The van der Waals surface area contributed by atoms with Crippen molar-refractivity contribution in [2.75, 3.05) is 32.7 Å². The molecule has 20 heavy (non-hydrogen) atoms. The van der Waals surface area contributed by atoms with Gasteiger partial charge in [-0.15, -0.1) is 0 Å². The van der Waals surface area contributed by atoms with Crippen molar-refractivity contribution in [3.05, 3.63) is 0 Å². The average molecular weight is 283 g/mol. The minimum Gasteiger partial charge on any atom is -0.317 e. The van der Waals surface area contributed by atoms with Gasteiger partial charge in [0.1, 0.15) is 0 Å². The third-order valence-corrected chi connectivity index (χ3v) is 4.64. The molecule has 0 aromatic carbocycles. The summed E-state index contributed by atoms with van der Waals surface area (Å²) in [4.78, 5) is 2.73. The molecule has 1 saturated heterocycles. The molecule has 0 aliphatic carbocycles. The minimum atomic E-state index is 1.02. The third-order valence-electron chi connectivity index (χ3n) is 4.64. The molecule has 0 aromatic rings. The summed E-state index contributed by atoms with van der Waals surface area (Å²) in [5, 5.41) is 3.49. The van der Waals surface area contributed by atoms with Gasteiger partial charge in [-0.1, -0.05) is 39.5 Å². The van der Waals surface area contributed by atoms with Crippen LogP contribution in [0.5, 0.6) is 0 Å². The highest BCUT2D eigenvalue weighted by atomic mass is 15.1. The molecule has 0 aromatic heterocycles. The first-order valence-corrected chi connectivity index (χ1v) is 9.29. The molecular weight excluding hydrogens is 244 g/mol. The third kappa shape index (κ3) is 8.97. The van der Waals surface area contributed by atoms with E-state index in [0.29, 0.717) is 0 Å². The van der Waals surface area contributed by atoms with Crippen molar-refractivity contribution in [3.8, 4) is 0 Å². The van der Waals surface area contributed by atoms with E-state index in [0.717, 1.165) is 5.92 Å². The summed E-state index contributed by atoms with van der Waals surface area (Å²) in [7, 11) is 0. The molecule has 1 aliphatic heterocycles. The Morgan fingerprint density at radius 2 is 1.75 bits per heavy atom. The van der Waals surface area contributed by atoms with Crippen molar-refractivity contribution in [1.29, 1.82) is 0 Å². The fraction of sp³-hybridized carbons (Fsp3) is 1.00. The average Bonchev–Trinajstić information content (AvgIpc) is 2.68. The van der Waals surface area contributed by atoms with Gasteiger partial charge in [0.15, 0.2) is 0 Å². The van der Waals surface area contributed by atoms with Crippen LogP contribution in [0.3, 0.4) is 0 Å². The Labute approximate surface area is 127 Å². The lowest BCUT2D eigenvalue weighted by atomic mass is 9.96. The Morgan fingerprint density at radius 1 is 0.900 bits per heavy atom. The van der Waals surface area contributed by atoms with Crippen LogP contribution in [0.1, 0.15) is 78.1 Å². The van der Waals surface area contributed by atoms with E-state index in [9.17, 15) is 0 Å². The summed E-state index contributed by atoms with van der Waals surface area (Å²) in [5.41, 5.74) is 0. The zero-order valence-corrected chi connectivity index (χ0v) is 14.1. The van der Waals surface area contributed by atoms with E-state index < -0.39 is 0 Å². The van der Waals surface area contributed by atoms with Crippen LogP contribution in [0.25, 0.3) is 0 Å². The van der Waals surface area contributed by atoms with Crippen molar-refractivity contribution in [1.82, 2.24) is 10.2 Å². The lowest BCUT2D eigenvalue weighted by Crippen LogP contribution is -2.26. The first-order chi connectivity index (χ1) is 9.86. The van der Waals surface area contributed by atoms with Gasteiger partial charge >= 0.3 is 0 Å². The Balaban J connectivity index is 1.94. The molecule has 120 valence electrons. The van der Waals surface area contributed by atoms with E-state index >= 15 is 0 Å². The predicted octanol–water partition coefficient (Wildman–Crippen LogP) is 4.45.